The molecule has 2 N–H and O–H groups in total. The molecule has 2 rings (SSSR count). The van der Waals surface area contributed by atoms with E-state index in [1.54, 1.807) is 12.1 Å². The van der Waals surface area contributed by atoms with Gasteiger partial charge in [0.15, 0.2) is 0 Å². The number of phenols is 1. The quantitative estimate of drug-likeness (QED) is 0.649. The number of aromatic hydroxyl groups is 1. The van der Waals surface area contributed by atoms with E-state index in [1.165, 1.54) is 12.3 Å². The number of nitrogens with one attached hydrogen (secondary N) is 1. The summed E-state index contributed by atoms with van der Waals surface area (Å²) in [4.78, 5) is 11.4. The summed E-state index contributed by atoms with van der Waals surface area (Å²) in [5.74, 6) is 0.0546. The van der Waals surface area contributed by atoms with Crippen LogP contribution >= 0.6 is 28.1 Å². The van der Waals surface area contributed by atoms with Gasteiger partial charge in [-0.2, -0.15) is 14.9 Å². The summed E-state index contributed by atoms with van der Waals surface area (Å²) in [6, 6.07) is 4.87. The van der Waals surface area contributed by atoms with Gasteiger partial charge in [0.2, 0.25) is 4.77 Å². The second kappa shape index (κ2) is 5.23. The topological polar surface area (TPSA) is 83.3 Å². The zero-order valence-corrected chi connectivity index (χ0v) is 11.3. The Morgan fingerprint density at radius 1 is 1.56 bits per heavy atom. The number of nitrogens with zero attached hydrogens (tertiary/aromatic N) is 3. The maximum absolute atomic E-state index is 11.4. The Balaban J connectivity index is 2.45. The first kappa shape index (κ1) is 12.7. The summed E-state index contributed by atoms with van der Waals surface area (Å²) in [6.45, 7) is 0. The van der Waals surface area contributed by atoms with Crippen molar-refractivity contribution in [1.29, 1.82) is 0 Å². The first-order chi connectivity index (χ1) is 8.58. The molecular formula is C10H7BrN4O2S. The average molecular weight is 327 g/mol. The number of aromatic nitrogens is 3. The molecule has 0 bridgehead atoms. The van der Waals surface area contributed by atoms with E-state index in [4.69, 9.17) is 12.2 Å². The van der Waals surface area contributed by atoms with E-state index in [0.717, 1.165) is 15.3 Å². The molecule has 1 aromatic carbocycles. The van der Waals surface area contributed by atoms with Crippen molar-refractivity contribution in [2.75, 3.05) is 0 Å². The molecule has 0 unspecified atom stereocenters. The highest BCUT2D eigenvalue weighted by atomic mass is 79.9. The Labute approximate surface area is 115 Å². The van der Waals surface area contributed by atoms with E-state index in [0.29, 0.717) is 5.56 Å². The highest BCUT2D eigenvalue weighted by Gasteiger charge is 2.00. The smallest absolute Gasteiger partial charge is 0.293 e. The molecule has 1 aromatic heterocycles. The number of halogens is 1. The minimum atomic E-state index is -0.454. The minimum absolute atomic E-state index is 0.0546. The van der Waals surface area contributed by atoms with E-state index >= 15 is 0 Å². The summed E-state index contributed by atoms with van der Waals surface area (Å²) >= 11 is 8.15. The van der Waals surface area contributed by atoms with Gasteiger partial charge in [0.25, 0.3) is 5.56 Å². The molecule has 18 heavy (non-hydrogen) atoms. The van der Waals surface area contributed by atoms with Crippen LogP contribution in [0.5, 0.6) is 5.75 Å². The first-order valence-corrected chi connectivity index (χ1v) is 5.97. The van der Waals surface area contributed by atoms with Crippen molar-refractivity contribution in [2.45, 2.75) is 0 Å². The number of aromatic amines is 1. The van der Waals surface area contributed by atoms with Crippen LogP contribution in [-0.2, 0) is 0 Å². The lowest BCUT2D eigenvalue weighted by Crippen LogP contribution is -2.18. The van der Waals surface area contributed by atoms with Crippen molar-refractivity contribution in [3.63, 3.8) is 0 Å². The summed E-state index contributed by atoms with van der Waals surface area (Å²) in [6.07, 6.45) is 2.40. The largest absolute Gasteiger partial charge is 0.507 e. The van der Waals surface area contributed by atoms with E-state index in [1.807, 2.05) is 0 Å². The number of hydrogen-bond donors (Lipinski definition) is 2. The van der Waals surface area contributed by atoms with E-state index < -0.39 is 5.56 Å². The number of rotatable bonds is 2. The average Bonchev–Trinajstić information content (AvgIpc) is 2.33. The van der Waals surface area contributed by atoms with Crippen molar-refractivity contribution in [3.8, 4) is 5.75 Å². The third-order valence-corrected chi connectivity index (χ3v) is 2.80. The van der Waals surface area contributed by atoms with Gasteiger partial charge in [-0.1, -0.05) is 15.9 Å². The fourth-order valence-corrected chi connectivity index (χ4v) is 1.77. The number of H-pyrrole nitrogens is 1. The van der Waals surface area contributed by atoms with Crippen molar-refractivity contribution in [3.05, 3.63) is 49.6 Å². The molecule has 0 spiro atoms. The lowest BCUT2D eigenvalue weighted by molar-refractivity contribution is 0.474. The SMILES string of the molecule is O=c1cn[nH]c(=S)n1/N=C\c1cc(Br)ccc1O. The van der Waals surface area contributed by atoms with Crippen LogP contribution in [-0.4, -0.2) is 26.2 Å². The second-order valence-electron chi connectivity index (χ2n) is 3.27. The second-order valence-corrected chi connectivity index (χ2v) is 4.58. The van der Waals surface area contributed by atoms with Crippen LogP contribution in [0.25, 0.3) is 0 Å². The molecule has 0 fully saturated rings. The zero-order valence-electron chi connectivity index (χ0n) is 8.87. The predicted molar refractivity (Wildman–Crippen MR) is 72.5 cm³/mol. The zero-order chi connectivity index (χ0) is 13.1. The van der Waals surface area contributed by atoms with Crippen molar-refractivity contribution in [2.24, 2.45) is 5.10 Å². The van der Waals surface area contributed by atoms with E-state index in [-0.39, 0.29) is 10.5 Å². The van der Waals surface area contributed by atoms with Crippen molar-refractivity contribution >= 4 is 34.4 Å². The molecule has 92 valence electrons. The summed E-state index contributed by atoms with van der Waals surface area (Å²) in [5, 5.41) is 19.5. The highest BCUT2D eigenvalue weighted by molar-refractivity contribution is 9.10. The Hall–Kier alpha value is -1.80. The maximum Gasteiger partial charge on any atom is 0.293 e. The van der Waals surface area contributed by atoms with Gasteiger partial charge in [0, 0.05) is 10.0 Å². The molecule has 1 heterocycles. The van der Waals surface area contributed by atoms with Gasteiger partial charge >= 0.3 is 0 Å². The molecule has 0 atom stereocenters. The predicted octanol–water partition coefficient (Wildman–Crippen LogP) is 1.65. The van der Waals surface area contributed by atoms with Gasteiger partial charge in [-0.25, -0.2) is 0 Å². The van der Waals surface area contributed by atoms with Crippen LogP contribution in [0.15, 0.2) is 38.8 Å². The molecule has 6 nitrogen and oxygen atoms in total. The molecule has 0 aliphatic heterocycles. The standard InChI is InChI=1S/C10H7BrN4O2S/c11-7-1-2-8(16)6(3-7)4-13-15-9(17)5-12-14-10(15)18/h1-5,16H,(H,14,18)/b13-4-. The number of hydrogen-bond acceptors (Lipinski definition) is 5. The summed E-state index contributed by atoms with van der Waals surface area (Å²) in [7, 11) is 0. The van der Waals surface area contributed by atoms with Gasteiger partial charge in [0.05, 0.1) is 6.21 Å². The van der Waals surface area contributed by atoms with Crippen LogP contribution in [0.2, 0.25) is 0 Å². The van der Waals surface area contributed by atoms with Crippen LogP contribution in [0.4, 0.5) is 0 Å². The minimum Gasteiger partial charge on any atom is -0.507 e. The normalized spacial score (nSPS) is 10.9. The monoisotopic (exact) mass is 326 g/mol. The van der Waals surface area contributed by atoms with Gasteiger partial charge in [-0.05, 0) is 30.4 Å². The molecule has 0 amide bonds. The van der Waals surface area contributed by atoms with E-state index in [9.17, 15) is 9.90 Å². The Kier molecular flexibility index (Phi) is 3.68. The van der Waals surface area contributed by atoms with Gasteiger partial charge in [-0.3, -0.25) is 9.89 Å². The molecule has 2 aromatic rings. The van der Waals surface area contributed by atoms with Crippen LogP contribution in [0.1, 0.15) is 5.56 Å². The van der Waals surface area contributed by atoms with Crippen LogP contribution in [0.3, 0.4) is 0 Å². The Morgan fingerprint density at radius 2 is 2.33 bits per heavy atom. The van der Waals surface area contributed by atoms with Crippen molar-refractivity contribution < 1.29 is 5.11 Å². The molecule has 0 radical (unpaired) electrons. The molecule has 0 aliphatic rings. The third-order valence-electron chi connectivity index (χ3n) is 2.04. The van der Waals surface area contributed by atoms with Gasteiger partial charge < -0.3 is 5.11 Å². The molecule has 8 heteroatoms. The molecular weight excluding hydrogens is 320 g/mol. The molecule has 0 aliphatic carbocycles. The Morgan fingerprint density at radius 3 is 3.06 bits per heavy atom. The number of benzene rings is 1. The van der Waals surface area contributed by atoms with Gasteiger partial charge in [-0.15, -0.1) is 0 Å². The lowest BCUT2D eigenvalue weighted by Gasteiger charge is -2.00. The van der Waals surface area contributed by atoms with Crippen LogP contribution in [0, 0.1) is 4.77 Å². The van der Waals surface area contributed by atoms with E-state index in [2.05, 4.69) is 31.2 Å². The molecule has 0 saturated heterocycles. The summed E-state index contributed by atoms with van der Waals surface area (Å²) in [5.41, 5.74) is 0.00646. The van der Waals surface area contributed by atoms with Gasteiger partial charge in [0.1, 0.15) is 11.9 Å². The fraction of sp³-hybridized carbons (Fsp3) is 0. The number of phenolic OH excluding ortho intramolecular Hbond substituents is 1. The summed E-state index contributed by atoms with van der Waals surface area (Å²) < 4.78 is 1.84. The lowest BCUT2D eigenvalue weighted by atomic mass is 10.2. The highest BCUT2D eigenvalue weighted by Crippen LogP contribution is 2.19. The maximum atomic E-state index is 11.4. The fourth-order valence-electron chi connectivity index (χ4n) is 1.20. The van der Waals surface area contributed by atoms with Crippen LogP contribution < -0.4 is 5.56 Å². The molecule has 0 saturated carbocycles. The Bertz CT molecular complexity index is 694. The first-order valence-electron chi connectivity index (χ1n) is 4.77. The third kappa shape index (κ3) is 2.71. The van der Waals surface area contributed by atoms with Crippen molar-refractivity contribution in [1.82, 2.24) is 14.9 Å².